The Hall–Kier alpha value is -2.21. The molecule has 100 valence electrons. The quantitative estimate of drug-likeness (QED) is 0.843. The van der Waals surface area contributed by atoms with Crippen molar-refractivity contribution < 1.29 is 14.3 Å². The molecular formula is C13H14N2O3S. The summed E-state index contributed by atoms with van der Waals surface area (Å²) in [7, 11) is 3.06. The zero-order chi connectivity index (χ0) is 13.8. The maximum absolute atomic E-state index is 12.0. The molecule has 5 nitrogen and oxygen atoms in total. The molecule has 0 atom stereocenters. The van der Waals surface area contributed by atoms with Crippen molar-refractivity contribution in [1.82, 2.24) is 0 Å². The zero-order valence-corrected chi connectivity index (χ0v) is 11.4. The molecule has 1 aromatic carbocycles. The van der Waals surface area contributed by atoms with Crippen LogP contribution >= 0.6 is 11.3 Å². The molecule has 0 bridgehead atoms. The van der Waals surface area contributed by atoms with Gasteiger partial charge in [0.05, 0.1) is 30.5 Å². The van der Waals surface area contributed by atoms with E-state index < -0.39 is 0 Å². The highest BCUT2D eigenvalue weighted by molar-refractivity contribution is 7.12. The van der Waals surface area contributed by atoms with Gasteiger partial charge in [-0.25, -0.2) is 0 Å². The van der Waals surface area contributed by atoms with Gasteiger partial charge in [-0.05, 0) is 11.4 Å². The summed E-state index contributed by atoms with van der Waals surface area (Å²) in [6.45, 7) is 0. The summed E-state index contributed by atoms with van der Waals surface area (Å²) in [5.41, 5.74) is 6.79. The topological polar surface area (TPSA) is 73.6 Å². The molecule has 0 aliphatic rings. The van der Waals surface area contributed by atoms with Gasteiger partial charge in [0.1, 0.15) is 0 Å². The third-order valence-electron chi connectivity index (χ3n) is 2.55. The fraction of sp³-hybridized carbons (Fsp3) is 0.154. The summed E-state index contributed by atoms with van der Waals surface area (Å²) >= 11 is 1.36. The maximum atomic E-state index is 12.0. The molecule has 3 N–H and O–H groups in total. The molecule has 1 aromatic heterocycles. The zero-order valence-electron chi connectivity index (χ0n) is 10.6. The number of hydrogen-bond donors (Lipinski definition) is 2. The Morgan fingerprint density at radius 2 is 1.95 bits per heavy atom. The number of methoxy groups -OCH3 is 2. The van der Waals surface area contributed by atoms with E-state index in [9.17, 15) is 4.79 Å². The summed E-state index contributed by atoms with van der Waals surface area (Å²) in [4.78, 5) is 12.6. The van der Waals surface area contributed by atoms with Gasteiger partial charge < -0.3 is 20.5 Å². The Morgan fingerprint density at radius 1 is 1.26 bits per heavy atom. The highest BCUT2D eigenvalue weighted by Crippen LogP contribution is 2.35. The number of carbonyl (C=O) groups excluding carboxylic acids is 1. The maximum Gasteiger partial charge on any atom is 0.265 e. The third kappa shape index (κ3) is 2.79. The second-order valence-corrected chi connectivity index (χ2v) is 4.67. The second-order valence-electron chi connectivity index (χ2n) is 3.73. The number of thiophene rings is 1. The molecule has 1 heterocycles. The first-order chi connectivity index (χ1) is 9.15. The van der Waals surface area contributed by atoms with Crippen LogP contribution in [-0.4, -0.2) is 20.1 Å². The van der Waals surface area contributed by atoms with Crippen molar-refractivity contribution in [3.63, 3.8) is 0 Å². The predicted octanol–water partition coefficient (Wildman–Crippen LogP) is 2.60. The molecule has 6 heteroatoms. The first-order valence-corrected chi connectivity index (χ1v) is 6.40. The SMILES string of the molecule is COc1cc(N)c(NC(=O)c2cccs2)cc1OC. The molecule has 19 heavy (non-hydrogen) atoms. The van der Waals surface area contributed by atoms with Gasteiger partial charge in [0.15, 0.2) is 11.5 Å². The van der Waals surface area contributed by atoms with Gasteiger partial charge in [-0.1, -0.05) is 6.07 Å². The van der Waals surface area contributed by atoms with E-state index in [1.54, 1.807) is 18.2 Å². The molecule has 2 aromatic rings. The monoisotopic (exact) mass is 278 g/mol. The van der Waals surface area contributed by atoms with Crippen molar-refractivity contribution in [2.24, 2.45) is 0 Å². The Balaban J connectivity index is 2.28. The minimum absolute atomic E-state index is 0.200. The van der Waals surface area contributed by atoms with Crippen molar-refractivity contribution in [1.29, 1.82) is 0 Å². The number of hydrogen-bond acceptors (Lipinski definition) is 5. The van der Waals surface area contributed by atoms with Crippen LogP contribution in [0.3, 0.4) is 0 Å². The van der Waals surface area contributed by atoms with Crippen LogP contribution < -0.4 is 20.5 Å². The predicted molar refractivity (Wildman–Crippen MR) is 76.2 cm³/mol. The standard InChI is InChI=1S/C13H14N2O3S/c1-17-10-6-8(14)9(7-11(10)18-2)15-13(16)12-4-3-5-19-12/h3-7H,14H2,1-2H3,(H,15,16). The van der Waals surface area contributed by atoms with Crippen molar-refractivity contribution in [3.05, 3.63) is 34.5 Å². The second kappa shape index (κ2) is 5.62. The Labute approximate surface area is 115 Å². The van der Waals surface area contributed by atoms with E-state index in [0.717, 1.165) is 0 Å². The lowest BCUT2D eigenvalue weighted by Gasteiger charge is -2.13. The van der Waals surface area contributed by atoms with Crippen LogP contribution in [0.1, 0.15) is 9.67 Å². The fourth-order valence-electron chi connectivity index (χ4n) is 1.59. The highest BCUT2D eigenvalue weighted by atomic mass is 32.1. The largest absolute Gasteiger partial charge is 0.493 e. The highest BCUT2D eigenvalue weighted by Gasteiger charge is 2.13. The van der Waals surface area contributed by atoms with Crippen LogP contribution in [0.15, 0.2) is 29.6 Å². The fourth-order valence-corrected chi connectivity index (χ4v) is 2.21. The van der Waals surface area contributed by atoms with E-state index >= 15 is 0 Å². The number of ether oxygens (including phenoxy) is 2. The van der Waals surface area contributed by atoms with E-state index in [1.165, 1.54) is 25.6 Å². The van der Waals surface area contributed by atoms with E-state index in [1.807, 2.05) is 11.4 Å². The van der Waals surface area contributed by atoms with Gasteiger partial charge in [0.25, 0.3) is 5.91 Å². The Morgan fingerprint density at radius 3 is 2.53 bits per heavy atom. The number of rotatable bonds is 4. The lowest BCUT2D eigenvalue weighted by Crippen LogP contribution is -2.12. The normalized spacial score (nSPS) is 10.0. The number of benzene rings is 1. The number of nitrogen functional groups attached to an aromatic ring is 1. The molecule has 0 spiro atoms. The molecule has 0 aliphatic heterocycles. The van der Waals surface area contributed by atoms with Gasteiger partial charge in [-0.2, -0.15) is 0 Å². The number of carbonyl (C=O) groups is 1. The minimum atomic E-state index is -0.200. The van der Waals surface area contributed by atoms with E-state index in [-0.39, 0.29) is 5.91 Å². The molecule has 0 saturated heterocycles. The van der Waals surface area contributed by atoms with Crippen molar-refractivity contribution >= 4 is 28.6 Å². The number of amides is 1. The van der Waals surface area contributed by atoms with Gasteiger partial charge in [-0.15, -0.1) is 11.3 Å². The van der Waals surface area contributed by atoms with Gasteiger partial charge in [0.2, 0.25) is 0 Å². The van der Waals surface area contributed by atoms with Gasteiger partial charge in [0, 0.05) is 12.1 Å². The average Bonchev–Trinajstić information content (AvgIpc) is 2.94. The Kier molecular flexibility index (Phi) is 3.91. The summed E-state index contributed by atoms with van der Waals surface area (Å²) < 4.78 is 10.3. The molecule has 0 radical (unpaired) electrons. The molecule has 0 saturated carbocycles. The van der Waals surface area contributed by atoms with E-state index in [4.69, 9.17) is 15.2 Å². The molecular weight excluding hydrogens is 264 g/mol. The summed E-state index contributed by atoms with van der Waals surface area (Å²) in [6, 6.07) is 6.82. The lowest BCUT2D eigenvalue weighted by molar-refractivity contribution is 0.103. The average molecular weight is 278 g/mol. The third-order valence-corrected chi connectivity index (χ3v) is 3.42. The molecule has 1 amide bonds. The van der Waals surface area contributed by atoms with Gasteiger partial charge >= 0.3 is 0 Å². The first-order valence-electron chi connectivity index (χ1n) is 5.52. The molecule has 0 unspecified atom stereocenters. The van der Waals surface area contributed by atoms with Crippen LogP contribution in [0.2, 0.25) is 0 Å². The number of nitrogens with two attached hydrogens (primary N) is 1. The molecule has 0 fully saturated rings. The molecule has 2 rings (SSSR count). The van der Waals surface area contributed by atoms with Crippen LogP contribution in [0.25, 0.3) is 0 Å². The number of anilines is 2. The first kappa shape index (κ1) is 13.2. The minimum Gasteiger partial charge on any atom is -0.493 e. The Bertz CT molecular complexity index is 582. The summed E-state index contributed by atoms with van der Waals surface area (Å²) in [5.74, 6) is 0.834. The summed E-state index contributed by atoms with van der Waals surface area (Å²) in [5, 5.41) is 4.59. The van der Waals surface area contributed by atoms with Crippen LogP contribution in [-0.2, 0) is 0 Å². The van der Waals surface area contributed by atoms with Gasteiger partial charge in [-0.3, -0.25) is 4.79 Å². The smallest absolute Gasteiger partial charge is 0.265 e. The summed E-state index contributed by atoms with van der Waals surface area (Å²) in [6.07, 6.45) is 0. The number of nitrogens with one attached hydrogen (secondary N) is 1. The van der Waals surface area contributed by atoms with E-state index in [0.29, 0.717) is 27.8 Å². The van der Waals surface area contributed by atoms with Crippen molar-refractivity contribution in [3.8, 4) is 11.5 Å². The van der Waals surface area contributed by atoms with Crippen molar-refractivity contribution in [2.45, 2.75) is 0 Å². The van der Waals surface area contributed by atoms with Crippen LogP contribution in [0.5, 0.6) is 11.5 Å². The van der Waals surface area contributed by atoms with Crippen LogP contribution in [0.4, 0.5) is 11.4 Å². The molecule has 0 aliphatic carbocycles. The lowest BCUT2D eigenvalue weighted by atomic mass is 10.2. The van der Waals surface area contributed by atoms with Crippen LogP contribution in [0, 0.1) is 0 Å². The van der Waals surface area contributed by atoms with E-state index in [2.05, 4.69) is 5.32 Å². The van der Waals surface area contributed by atoms with Crippen molar-refractivity contribution in [2.75, 3.05) is 25.3 Å².